The summed E-state index contributed by atoms with van der Waals surface area (Å²) >= 11 is 0. The van der Waals surface area contributed by atoms with Crippen LogP contribution in [0.4, 0.5) is 0 Å². The first-order chi connectivity index (χ1) is 41.0. The molecule has 0 aliphatic rings. The van der Waals surface area contributed by atoms with Gasteiger partial charge in [0.05, 0.1) is 27.7 Å². The van der Waals surface area contributed by atoms with Gasteiger partial charge in [0.25, 0.3) is 7.82 Å². The summed E-state index contributed by atoms with van der Waals surface area (Å²) in [4.78, 5) is 38.0. The molecular formula is C74H134NO8P. The molecule has 0 aliphatic heterocycles. The van der Waals surface area contributed by atoms with Gasteiger partial charge in [-0.3, -0.25) is 14.2 Å². The molecule has 0 radical (unpaired) electrons. The zero-order chi connectivity index (χ0) is 61.2. The van der Waals surface area contributed by atoms with Crippen LogP contribution in [0, 0.1) is 0 Å². The molecule has 0 spiro atoms. The summed E-state index contributed by atoms with van der Waals surface area (Å²) in [6.07, 6.45) is 88.4. The van der Waals surface area contributed by atoms with Gasteiger partial charge in [0.2, 0.25) is 0 Å². The van der Waals surface area contributed by atoms with E-state index in [9.17, 15) is 19.0 Å². The van der Waals surface area contributed by atoms with Gasteiger partial charge in [0, 0.05) is 12.8 Å². The molecular weight excluding hydrogens is 1060 g/mol. The van der Waals surface area contributed by atoms with Crippen LogP contribution < -0.4 is 4.89 Å². The van der Waals surface area contributed by atoms with Gasteiger partial charge in [-0.1, -0.05) is 304 Å². The molecule has 0 saturated heterocycles. The molecule has 0 aromatic rings. The monoisotopic (exact) mass is 1200 g/mol. The van der Waals surface area contributed by atoms with Gasteiger partial charge in [0.1, 0.15) is 19.8 Å². The molecule has 0 rings (SSSR count). The average Bonchev–Trinajstić information content (AvgIpc) is 3.61. The van der Waals surface area contributed by atoms with Gasteiger partial charge in [-0.2, -0.15) is 0 Å². The van der Waals surface area contributed by atoms with E-state index in [-0.39, 0.29) is 32.0 Å². The van der Waals surface area contributed by atoms with Crippen molar-refractivity contribution in [1.82, 2.24) is 0 Å². The molecule has 488 valence electrons. The molecule has 0 aliphatic carbocycles. The minimum atomic E-state index is -4.65. The third kappa shape index (κ3) is 68.3. The van der Waals surface area contributed by atoms with Crippen molar-refractivity contribution in [3.05, 3.63) is 85.1 Å². The summed E-state index contributed by atoms with van der Waals surface area (Å²) in [5, 5.41) is 0. The van der Waals surface area contributed by atoms with Crippen LogP contribution in [0.15, 0.2) is 85.1 Å². The number of hydrogen-bond donors (Lipinski definition) is 0. The van der Waals surface area contributed by atoms with Gasteiger partial charge in [-0.25, -0.2) is 0 Å². The third-order valence-corrected chi connectivity index (χ3v) is 16.4. The summed E-state index contributed by atoms with van der Waals surface area (Å²) < 4.78 is 34.2. The number of rotatable bonds is 65. The number of hydrogen-bond acceptors (Lipinski definition) is 8. The van der Waals surface area contributed by atoms with Crippen molar-refractivity contribution in [3.63, 3.8) is 0 Å². The second-order valence-electron chi connectivity index (χ2n) is 24.9. The zero-order valence-electron chi connectivity index (χ0n) is 55.6. The van der Waals surface area contributed by atoms with Crippen molar-refractivity contribution >= 4 is 19.8 Å². The Kier molecular flexibility index (Phi) is 62.5. The Morgan fingerprint density at radius 2 is 0.679 bits per heavy atom. The molecule has 0 amide bonds. The van der Waals surface area contributed by atoms with Gasteiger partial charge in [0.15, 0.2) is 6.10 Å². The predicted molar refractivity (Wildman–Crippen MR) is 360 cm³/mol. The largest absolute Gasteiger partial charge is 0.756 e. The predicted octanol–water partition coefficient (Wildman–Crippen LogP) is 22.3. The Morgan fingerprint density at radius 1 is 0.381 bits per heavy atom. The lowest BCUT2D eigenvalue weighted by atomic mass is 10.0. The smallest absolute Gasteiger partial charge is 0.306 e. The Labute approximate surface area is 520 Å². The molecule has 2 unspecified atom stereocenters. The number of carbonyl (C=O) groups excluding carboxylic acids is 2. The first-order valence-electron chi connectivity index (χ1n) is 35.3. The fraction of sp³-hybridized carbons (Fsp3) is 0.784. The highest BCUT2D eigenvalue weighted by Gasteiger charge is 2.22. The van der Waals surface area contributed by atoms with E-state index >= 15 is 0 Å². The number of likely N-dealkylation sites (N-methyl/N-ethyl adjacent to an activating group) is 1. The highest BCUT2D eigenvalue weighted by atomic mass is 31.2. The number of carbonyl (C=O) groups is 2. The van der Waals surface area contributed by atoms with Crippen LogP contribution in [-0.4, -0.2) is 70.0 Å². The number of quaternary nitrogens is 1. The van der Waals surface area contributed by atoms with Crippen molar-refractivity contribution in [2.75, 3.05) is 47.5 Å². The topological polar surface area (TPSA) is 111 Å². The van der Waals surface area contributed by atoms with E-state index in [2.05, 4.69) is 98.9 Å². The van der Waals surface area contributed by atoms with Crippen molar-refractivity contribution in [2.45, 2.75) is 328 Å². The molecule has 0 aromatic carbocycles. The lowest BCUT2D eigenvalue weighted by molar-refractivity contribution is -0.870. The highest BCUT2D eigenvalue weighted by molar-refractivity contribution is 7.45. The summed E-state index contributed by atoms with van der Waals surface area (Å²) in [5.74, 6) is -0.863. The Morgan fingerprint density at radius 3 is 1.02 bits per heavy atom. The maximum Gasteiger partial charge on any atom is 0.306 e. The van der Waals surface area contributed by atoms with Crippen molar-refractivity contribution in [3.8, 4) is 0 Å². The summed E-state index contributed by atoms with van der Waals surface area (Å²) in [7, 11) is 1.14. The SMILES string of the molecule is CC/C=C\C/C=C\C/C=C\C/C=C\C/C=C\CCCCCC(=O)OC(COC(=O)CCCCCCCCCCCCCCCCCCCCCCCCCCCCCCC/C=C\C/C=C\CCCCCCC)COP(=O)([O-])OCC[N+](C)(C)C. The third-order valence-electron chi connectivity index (χ3n) is 15.4. The molecule has 0 aromatic heterocycles. The molecule has 84 heavy (non-hydrogen) atoms. The Bertz CT molecular complexity index is 1690. The molecule has 10 heteroatoms. The van der Waals surface area contributed by atoms with Crippen LogP contribution in [0.25, 0.3) is 0 Å². The van der Waals surface area contributed by atoms with Crippen LogP contribution in [0.2, 0.25) is 0 Å². The number of nitrogens with zero attached hydrogens (tertiary/aromatic N) is 1. The maximum absolute atomic E-state index is 12.8. The van der Waals surface area contributed by atoms with Crippen LogP contribution in [0.1, 0.15) is 322 Å². The highest BCUT2D eigenvalue weighted by Crippen LogP contribution is 2.38. The van der Waals surface area contributed by atoms with Crippen molar-refractivity contribution in [2.24, 2.45) is 0 Å². The fourth-order valence-corrected chi connectivity index (χ4v) is 10.7. The number of phosphoric ester groups is 1. The lowest BCUT2D eigenvalue weighted by Gasteiger charge is -2.28. The standard InChI is InChI=1S/C74H134NO8P/c1-6-8-10-12-14-16-18-20-22-24-26-27-28-29-30-31-32-33-34-35-36-37-38-39-40-41-42-43-44-45-46-47-49-50-52-54-56-58-60-62-64-66-73(76)80-70-72(71-82-84(78,79)81-69-68-75(3,4)5)83-74(77)67-65-63-61-59-57-55-53-51-48-25-23-21-19-17-15-13-11-9-7-2/h9,11,15,17-18,20-21,23-24,26,48,51,55,57,72H,6-8,10,12-14,16,19,22,25,27-47,49-50,52-54,56,58-71H2,1-5H3/b11-9-,17-15-,20-18-,23-21-,26-24-,51-48-,57-55-. The quantitative estimate of drug-likeness (QED) is 0.0195. The van der Waals surface area contributed by atoms with Crippen LogP contribution >= 0.6 is 7.82 Å². The van der Waals surface area contributed by atoms with E-state index in [1.807, 2.05) is 21.1 Å². The van der Waals surface area contributed by atoms with Crippen molar-refractivity contribution in [1.29, 1.82) is 0 Å². The minimum Gasteiger partial charge on any atom is -0.756 e. The molecule has 0 fully saturated rings. The van der Waals surface area contributed by atoms with Crippen LogP contribution in [-0.2, 0) is 32.7 Å². The normalized spacial score (nSPS) is 13.6. The Hall–Kier alpha value is -2.81. The summed E-state index contributed by atoms with van der Waals surface area (Å²) in [6.45, 7) is 4.10. The zero-order valence-corrected chi connectivity index (χ0v) is 56.5. The summed E-state index contributed by atoms with van der Waals surface area (Å²) in [6, 6.07) is 0. The van der Waals surface area contributed by atoms with Gasteiger partial charge < -0.3 is 27.9 Å². The van der Waals surface area contributed by atoms with Gasteiger partial charge in [-0.15, -0.1) is 0 Å². The Balaban J connectivity index is 3.91. The van der Waals surface area contributed by atoms with Crippen LogP contribution in [0.3, 0.4) is 0 Å². The molecule has 9 nitrogen and oxygen atoms in total. The van der Waals surface area contributed by atoms with Gasteiger partial charge >= 0.3 is 11.9 Å². The second-order valence-corrected chi connectivity index (χ2v) is 26.3. The first kappa shape index (κ1) is 81.2. The number of unbranched alkanes of at least 4 members (excludes halogenated alkanes) is 37. The maximum atomic E-state index is 12.8. The van der Waals surface area contributed by atoms with E-state index in [1.165, 1.54) is 212 Å². The number of allylic oxidation sites excluding steroid dienone is 14. The molecule has 0 heterocycles. The number of phosphoric acid groups is 1. The second kappa shape index (κ2) is 64.7. The van der Waals surface area contributed by atoms with Crippen molar-refractivity contribution < 1.29 is 42.1 Å². The molecule has 0 N–H and O–H groups in total. The van der Waals surface area contributed by atoms with E-state index in [1.54, 1.807) is 0 Å². The van der Waals surface area contributed by atoms with Crippen LogP contribution in [0.5, 0.6) is 0 Å². The fourth-order valence-electron chi connectivity index (χ4n) is 10.0. The van der Waals surface area contributed by atoms with E-state index in [4.69, 9.17) is 18.5 Å². The first-order valence-corrected chi connectivity index (χ1v) is 36.8. The number of esters is 2. The molecule has 2 atom stereocenters. The average molecular weight is 1200 g/mol. The van der Waals surface area contributed by atoms with E-state index in [0.29, 0.717) is 17.4 Å². The van der Waals surface area contributed by atoms with Gasteiger partial charge in [-0.05, 0) is 89.9 Å². The van der Waals surface area contributed by atoms with E-state index < -0.39 is 26.5 Å². The number of ether oxygens (including phenoxy) is 2. The van der Waals surface area contributed by atoms with E-state index in [0.717, 1.165) is 77.0 Å². The summed E-state index contributed by atoms with van der Waals surface area (Å²) in [5.41, 5.74) is 0. The molecule has 0 bridgehead atoms. The lowest BCUT2D eigenvalue weighted by Crippen LogP contribution is -2.37. The molecule has 0 saturated carbocycles. The minimum absolute atomic E-state index is 0.0396.